The van der Waals surface area contributed by atoms with E-state index in [2.05, 4.69) is 10.2 Å². The van der Waals surface area contributed by atoms with Crippen LogP contribution in [-0.2, 0) is 14.6 Å². The van der Waals surface area contributed by atoms with E-state index in [4.69, 9.17) is 0 Å². The molecule has 0 bridgehead atoms. The van der Waals surface area contributed by atoms with Gasteiger partial charge in [-0.15, -0.1) is 0 Å². The van der Waals surface area contributed by atoms with Gasteiger partial charge >= 0.3 is 0 Å². The summed E-state index contributed by atoms with van der Waals surface area (Å²) in [7, 11) is -3.14. The maximum atomic E-state index is 12.3. The third kappa shape index (κ3) is 5.34. The quantitative estimate of drug-likeness (QED) is 0.856. The highest BCUT2D eigenvalue weighted by Gasteiger charge is 2.27. The van der Waals surface area contributed by atoms with E-state index in [0.717, 1.165) is 24.2 Å². The average Bonchev–Trinajstić information content (AvgIpc) is 2.90. The number of nitrogens with zero attached hydrogens (tertiary/aromatic N) is 2. The first-order chi connectivity index (χ1) is 10.8. The normalized spacial score (nSPS) is 19.3. The zero-order valence-corrected chi connectivity index (χ0v) is 15.0. The lowest BCUT2D eigenvalue weighted by Gasteiger charge is -2.32. The molecule has 1 amide bonds. The van der Waals surface area contributed by atoms with E-state index in [-0.39, 0.29) is 35.7 Å². The summed E-state index contributed by atoms with van der Waals surface area (Å²) in [5.41, 5.74) is 2.01. The Bertz CT molecular complexity index is 637. The van der Waals surface area contributed by atoms with Crippen LogP contribution in [0.2, 0.25) is 0 Å². The van der Waals surface area contributed by atoms with Crippen molar-refractivity contribution in [1.29, 1.82) is 0 Å². The van der Waals surface area contributed by atoms with E-state index >= 15 is 0 Å². The van der Waals surface area contributed by atoms with Gasteiger partial charge in [0, 0.05) is 31.1 Å². The molecule has 7 heteroatoms. The van der Waals surface area contributed by atoms with Crippen LogP contribution in [0, 0.1) is 12.8 Å². The largest absolute Gasteiger partial charge is 0.342 e. The van der Waals surface area contributed by atoms with E-state index in [0.29, 0.717) is 13.1 Å². The molecular formula is C16H27N3O3S. The Morgan fingerprint density at radius 2 is 2.22 bits per heavy atom. The number of hydrogen-bond donors (Lipinski definition) is 1. The molecule has 1 aliphatic heterocycles. The lowest BCUT2D eigenvalue weighted by molar-refractivity contribution is -0.132. The summed E-state index contributed by atoms with van der Waals surface area (Å²) in [6.45, 7) is 7.05. The van der Waals surface area contributed by atoms with Crippen molar-refractivity contribution in [2.75, 3.05) is 24.6 Å². The van der Waals surface area contributed by atoms with Crippen molar-refractivity contribution in [3.63, 3.8) is 0 Å². The first kappa shape index (κ1) is 18.0. The topological polar surface area (TPSA) is 83.1 Å². The molecular weight excluding hydrogens is 314 g/mol. The van der Waals surface area contributed by atoms with Crippen LogP contribution in [0.4, 0.5) is 0 Å². The van der Waals surface area contributed by atoms with Gasteiger partial charge in [0.25, 0.3) is 0 Å². The first-order valence-electron chi connectivity index (χ1n) is 8.27. The molecule has 2 rings (SSSR count). The van der Waals surface area contributed by atoms with Crippen LogP contribution in [0.1, 0.15) is 50.4 Å². The van der Waals surface area contributed by atoms with Crippen molar-refractivity contribution in [2.24, 2.45) is 5.92 Å². The molecule has 1 aromatic rings. The molecule has 6 nitrogen and oxygen atoms in total. The van der Waals surface area contributed by atoms with E-state index in [9.17, 15) is 13.2 Å². The van der Waals surface area contributed by atoms with Crippen molar-refractivity contribution in [2.45, 2.75) is 46.0 Å². The number of aryl methyl sites for hydroxylation is 1. The summed E-state index contributed by atoms with van der Waals surface area (Å²) in [6.07, 6.45) is 2.03. The van der Waals surface area contributed by atoms with Crippen molar-refractivity contribution in [3.05, 3.63) is 17.5 Å². The Hall–Kier alpha value is -1.37. The molecule has 1 fully saturated rings. The smallest absolute Gasteiger partial charge is 0.223 e. The van der Waals surface area contributed by atoms with Crippen LogP contribution in [0.5, 0.6) is 0 Å². The second-order valence-corrected chi connectivity index (χ2v) is 9.14. The van der Waals surface area contributed by atoms with Crippen molar-refractivity contribution in [1.82, 2.24) is 15.1 Å². The zero-order valence-electron chi connectivity index (χ0n) is 14.2. The van der Waals surface area contributed by atoms with Crippen LogP contribution in [0.3, 0.4) is 0 Å². The molecule has 0 aromatic carbocycles. The molecule has 1 saturated heterocycles. The van der Waals surface area contributed by atoms with Crippen molar-refractivity contribution < 1.29 is 13.2 Å². The zero-order chi connectivity index (χ0) is 17.0. The molecule has 1 N–H and O–H groups in total. The van der Waals surface area contributed by atoms with E-state index in [1.807, 2.05) is 26.8 Å². The summed E-state index contributed by atoms with van der Waals surface area (Å²) in [6, 6.07) is 2.02. The molecule has 0 radical (unpaired) electrons. The Labute approximate surface area is 138 Å². The summed E-state index contributed by atoms with van der Waals surface area (Å²) in [4.78, 5) is 14.1. The SMILES string of the molecule is Cc1cc([C@@H]2CCCN(C(=O)CCS(=O)(=O)CC(C)C)C2)n[nH]1. The number of amides is 1. The number of aromatic amines is 1. The van der Waals surface area contributed by atoms with Gasteiger partial charge in [-0.1, -0.05) is 13.8 Å². The number of nitrogens with one attached hydrogen (secondary N) is 1. The molecule has 23 heavy (non-hydrogen) atoms. The average molecular weight is 341 g/mol. The Morgan fingerprint density at radius 1 is 1.48 bits per heavy atom. The predicted octanol–water partition coefficient (Wildman–Crippen LogP) is 1.89. The lowest BCUT2D eigenvalue weighted by Crippen LogP contribution is -2.40. The van der Waals surface area contributed by atoms with Crippen molar-refractivity contribution in [3.8, 4) is 0 Å². The fourth-order valence-electron chi connectivity index (χ4n) is 3.09. The van der Waals surface area contributed by atoms with E-state index < -0.39 is 9.84 Å². The van der Waals surface area contributed by atoms with Gasteiger partial charge in [0.05, 0.1) is 17.2 Å². The molecule has 130 valence electrons. The fourth-order valence-corrected chi connectivity index (χ4v) is 4.75. The predicted molar refractivity (Wildman–Crippen MR) is 90.0 cm³/mol. The Kier molecular flexibility index (Phi) is 5.84. The van der Waals surface area contributed by atoms with Gasteiger partial charge in [0.1, 0.15) is 0 Å². The van der Waals surface area contributed by atoms with Crippen LogP contribution in [0.15, 0.2) is 6.07 Å². The number of hydrogen-bond acceptors (Lipinski definition) is 4. The van der Waals surface area contributed by atoms with Gasteiger partial charge in [0.15, 0.2) is 9.84 Å². The number of carbonyl (C=O) groups excluding carboxylic acids is 1. The molecule has 1 aromatic heterocycles. The number of piperidine rings is 1. The van der Waals surface area contributed by atoms with Gasteiger partial charge in [-0.2, -0.15) is 5.10 Å². The second kappa shape index (κ2) is 7.47. The fraction of sp³-hybridized carbons (Fsp3) is 0.750. The van der Waals surface area contributed by atoms with Gasteiger partial charge in [0.2, 0.25) is 5.91 Å². The number of sulfone groups is 1. The minimum absolute atomic E-state index is 0.0489. The Balaban J connectivity index is 1.89. The van der Waals surface area contributed by atoms with Crippen LogP contribution >= 0.6 is 0 Å². The molecule has 1 aliphatic rings. The summed E-state index contributed by atoms with van der Waals surface area (Å²) < 4.78 is 23.9. The van der Waals surface area contributed by atoms with Gasteiger partial charge < -0.3 is 4.90 Å². The standard InChI is InChI=1S/C16H27N3O3S/c1-12(2)11-23(21,22)8-6-16(20)19-7-4-5-14(10-19)15-9-13(3)17-18-15/h9,12,14H,4-8,10-11H2,1-3H3,(H,17,18)/t14-/m1/s1. The Morgan fingerprint density at radius 3 is 2.83 bits per heavy atom. The molecule has 0 saturated carbocycles. The highest BCUT2D eigenvalue weighted by Crippen LogP contribution is 2.26. The summed E-state index contributed by atoms with van der Waals surface area (Å²) in [5, 5.41) is 7.23. The number of H-pyrrole nitrogens is 1. The van der Waals surface area contributed by atoms with Gasteiger partial charge in [-0.3, -0.25) is 9.89 Å². The third-order valence-electron chi connectivity index (χ3n) is 4.13. The van der Waals surface area contributed by atoms with E-state index in [1.165, 1.54) is 0 Å². The first-order valence-corrected chi connectivity index (χ1v) is 10.1. The van der Waals surface area contributed by atoms with Crippen LogP contribution in [0.25, 0.3) is 0 Å². The molecule has 1 atom stereocenters. The number of aromatic nitrogens is 2. The third-order valence-corrected chi connectivity index (χ3v) is 6.13. The highest BCUT2D eigenvalue weighted by atomic mass is 32.2. The van der Waals surface area contributed by atoms with Crippen molar-refractivity contribution >= 4 is 15.7 Å². The molecule has 0 aliphatic carbocycles. The molecule has 2 heterocycles. The van der Waals surface area contributed by atoms with Crippen LogP contribution in [-0.4, -0.2) is 54.0 Å². The maximum absolute atomic E-state index is 12.3. The monoisotopic (exact) mass is 341 g/mol. The minimum Gasteiger partial charge on any atom is -0.342 e. The number of rotatable bonds is 6. The maximum Gasteiger partial charge on any atom is 0.223 e. The molecule has 0 unspecified atom stereocenters. The number of carbonyl (C=O) groups is 1. The van der Waals surface area contributed by atoms with Gasteiger partial charge in [-0.25, -0.2) is 8.42 Å². The van der Waals surface area contributed by atoms with Gasteiger partial charge in [-0.05, 0) is 31.7 Å². The minimum atomic E-state index is -3.14. The highest BCUT2D eigenvalue weighted by molar-refractivity contribution is 7.91. The number of likely N-dealkylation sites (tertiary alicyclic amines) is 1. The summed E-state index contributed by atoms with van der Waals surface area (Å²) >= 11 is 0. The van der Waals surface area contributed by atoms with Crippen LogP contribution < -0.4 is 0 Å². The molecule has 0 spiro atoms. The second-order valence-electron chi connectivity index (χ2n) is 6.91. The van der Waals surface area contributed by atoms with E-state index in [1.54, 1.807) is 4.90 Å². The summed E-state index contributed by atoms with van der Waals surface area (Å²) in [5.74, 6) is 0.374. The lowest BCUT2D eigenvalue weighted by atomic mass is 9.94.